The second-order valence-corrected chi connectivity index (χ2v) is 8.09. The van der Waals surface area contributed by atoms with Gasteiger partial charge in [-0.1, -0.05) is 13.3 Å². The van der Waals surface area contributed by atoms with Gasteiger partial charge in [0, 0.05) is 18.1 Å². The van der Waals surface area contributed by atoms with E-state index in [0.29, 0.717) is 18.5 Å². The van der Waals surface area contributed by atoms with Crippen molar-refractivity contribution in [3.8, 4) is 0 Å². The number of hydrogen-bond acceptors (Lipinski definition) is 4. The lowest BCUT2D eigenvalue weighted by Gasteiger charge is -2.47. The van der Waals surface area contributed by atoms with E-state index in [-0.39, 0.29) is 11.8 Å². The average molecular weight is 303 g/mol. The van der Waals surface area contributed by atoms with Crippen LogP contribution in [0.1, 0.15) is 45.4 Å². The van der Waals surface area contributed by atoms with Crippen LogP contribution in [-0.4, -0.2) is 57.3 Å². The highest BCUT2D eigenvalue weighted by Gasteiger charge is 2.37. The number of fused-ring (bicyclic) bond motifs is 2. The molecule has 2 heterocycles. The average Bonchev–Trinajstić information content (AvgIpc) is 2.36. The molecule has 0 aromatic rings. The standard InChI is InChI=1S/C14H29N3O2S/c1-3-15-8-5-9-20(18,19)16-12-10-13-6-4-7-14(11-12)17(13)2/h12-16H,3-11H2,1-2H3. The Bertz CT molecular complexity index is 385. The van der Waals surface area contributed by atoms with Crippen LogP contribution >= 0.6 is 0 Å². The van der Waals surface area contributed by atoms with E-state index in [4.69, 9.17) is 0 Å². The summed E-state index contributed by atoms with van der Waals surface area (Å²) in [5, 5.41) is 3.16. The van der Waals surface area contributed by atoms with E-state index in [2.05, 4.69) is 22.0 Å². The highest BCUT2D eigenvalue weighted by atomic mass is 32.2. The molecule has 118 valence electrons. The van der Waals surface area contributed by atoms with Gasteiger partial charge in [-0.05, 0) is 52.2 Å². The molecule has 2 N–H and O–H groups in total. The van der Waals surface area contributed by atoms with Crippen LogP contribution in [0.3, 0.4) is 0 Å². The van der Waals surface area contributed by atoms with Crippen molar-refractivity contribution in [3.63, 3.8) is 0 Å². The molecule has 2 aliphatic heterocycles. The van der Waals surface area contributed by atoms with E-state index in [1.165, 1.54) is 19.3 Å². The Labute approximate surface area is 123 Å². The largest absolute Gasteiger partial charge is 0.317 e. The van der Waals surface area contributed by atoms with Crippen molar-refractivity contribution < 1.29 is 8.42 Å². The zero-order valence-corrected chi connectivity index (χ0v) is 13.6. The summed E-state index contributed by atoms with van der Waals surface area (Å²) in [6.07, 6.45) is 6.35. The molecule has 0 aromatic carbocycles. The third kappa shape index (κ3) is 4.41. The minimum absolute atomic E-state index is 0.144. The molecule has 6 heteroatoms. The first-order valence-corrected chi connectivity index (χ1v) is 9.59. The Hall–Kier alpha value is -0.170. The second kappa shape index (κ2) is 7.20. The van der Waals surface area contributed by atoms with Crippen LogP contribution in [0.25, 0.3) is 0 Å². The van der Waals surface area contributed by atoms with Crippen molar-refractivity contribution in [2.45, 2.75) is 63.6 Å². The lowest BCUT2D eigenvalue weighted by molar-refractivity contribution is 0.0536. The third-order valence-electron chi connectivity index (χ3n) is 4.70. The van der Waals surface area contributed by atoms with Crippen LogP contribution in [0.5, 0.6) is 0 Å². The number of nitrogens with zero attached hydrogens (tertiary/aromatic N) is 1. The predicted octanol–water partition coefficient (Wildman–Crippen LogP) is 0.921. The summed E-state index contributed by atoms with van der Waals surface area (Å²) in [5.74, 6) is 0.238. The van der Waals surface area contributed by atoms with Gasteiger partial charge in [0.1, 0.15) is 0 Å². The summed E-state index contributed by atoms with van der Waals surface area (Å²) < 4.78 is 27.2. The van der Waals surface area contributed by atoms with Gasteiger partial charge in [-0.3, -0.25) is 0 Å². The molecule has 0 saturated carbocycles. The first kappa shape index (κ1) is 16.2. The maximum absolute atomic E-state index is 12.1. The maximum Gasteiger partial charge on any atom is 0.211 e. The SMILES string of the molecule is CCNCCCS(=O)(=O)NC1CC2CCCC(C1)N2C. The van der Waals surface area contributed by atoms with Crippen molar-refractivity contribution >= 4 is 10.0 Å². The van der Waals surface area contributed by atoms with Crippen molar-refractivity contribution in [2.75, 3.05) is 25.9 Å². The van der Waals surface area contributed by atoms with Crippen LogP contribution in [0.4, 0.5) is 0 Å². The summed E-state index contributed by atoms with van der Waals surface area (Å²) in [4.78, 5) is 2.46. The molecule has 2 saturated heterocycles. The summed E-state index contributed by atoms with van der Waals surface area (Å²) >= 11 is 0. The zero-order chi connectivity index (χ0) is 14.6. The lowest BCUT2D eigenvalue weighted by Crippen LogP contribution is -2.55. The fourth-order valence-corrected chi connectivity index (χ4v) is 4.93. The van der Waals surface area contributed by atoms with Gasteiger partial charge in [0.25, 0.3) is 0 Å². The Morgan fingerprint density at radius 1 is 1.20 bits per heavy atom. The Kier molecular flexibility index (Phi) is 5.84. The van der Waals surface area contributed by atoms with Crippen LogP contribution in [-0.2, 0) is 10.0 Å². The molecule has 2 atom stereocenters. The van der Waals surface area contributed by atoms with Gasteiger partial charge in [0.2, 0.25) is 10.0 Å². The molecular weight excluding hydrogens is 274 g/mol. The van der Waals surface area contributed by atoms with Crippen molar-refractivity contribution in [1.29, 1.82) is 0 Å². The second-order valence-electron chi connectivity index (χ2n) is 6.22. The summed E-state index contributed by atoms with van der Waals surface area (Å²) in [6.45, 7) is 3.70. The first-order chi connectivity index (χ1) is 9.52. The molecule has 2 rings (SSSR count). The molecule has 0 aliphatic carbocycles. The monoisotopic (exact) mass is 303 g/mol. The van der Waals surface area contributed by atoms with E-state index in [1.807, 2.05) is 6.92 Å². The van der Waals surface area contributed by atoms with Crippen molar-refractivity contribution in [1.82, 2.24) is 14.9 Å². The van der Waals surface area contributed by atoms with Gasteiger partial charge in [0.15, 0.2) is 0 Å². The van der Waals surface area contributed by atoms with Crippen molar-refractivity contribution in [3.05, 3.63) is 0 Å². The molecule has 20 heavy (non-hydrogen) atoms. The topological polar surface area (TPSA) is 61.4 Å². The summed E-state index contributed by atoms with van der Waals surface area (Å²) in [7, 11) is -0.929. The van der Waals surface area contributed by atoms with E-state index in [9.17, 15) is 8.42 Å². The normalized spacial score (nSPS) is 31.4. The van der Waals surface area contributed by atoms with Gasteiger partial charge in [-0.15, -0.1) is 0 Å². The minimum atomic E-state index is -3.12. The Morgan fingerprint density at radius 3 is 2.45 bits per heavy atom. The Morgan fingerprint density at radius 2 is 1.85 bits per heavy atom. The van der Waals surface area contributed by atoms with Crippen LogP contribution in [0, 0.1) is 0 Å². The number of nitrogens with one attached hydrogen (secondary N) is 2. The van der Waals surface area contributed by atoms with E-state index >= 15 is 0 Å². The molecule has 0 aromatic heterocycles. The molecule has 0 spiro atoms. The first-order valence-electron chi connectivity index (χ1n) is 7.94. The van der Waals surface area contributed by atoms with E-state index in [0.717, 1.165) is 25.9 Å². The summed E-state index contributed by atoms with van der Waals surface area (Å²) in [6, 6.07) is 1.28. The highest BCUT2D eigenvalue weighted by molar-refractivity contribution is 7.89. The summed E-state index contributed by atoms with van der Waals surface area (Å²) in [5.41, 5.74) is 0. The number of sulfonamides is 1. The number of rotatable bonds is 7. The van der Waals surface area contributed by atoms with Gasteiger partial charge in [0.05, 0.1) is 5.75 Å². The van der Waals surface area contributed by atoms with Crippen LogP contribution < -0.4 is 10.0 Å². The molecule has 2 aliphatic rings. The molecular formula is C14H29N3O2S. The molecule has 0 radical (unpaired) electrons. The highest BCUT2D eigenvalue weighted by Crippen LogP contribution is 2.32. The zero-order valence-electron chi connectivity index (χ0n) is 12.8. The van der Waals surface area contributed by atoms with Crippen molar-refractivity contribution in [2.24, 2.45) is 0 Å². The van der Waals surface area contributed by atoms with Gasteiger partial charge < -0.3 is 10.2 Å². The van der Waals surface area contributed by atoms with Gasteiger partial charge in [-0.2, -0.15) is 0 Å². The number of hydrogen-bond donors (Lipinski definition) is 2. The van der Waals surface area contributed by atoms with Crippen LogP contribution in [0.2, 0.25) is 0 Å². The lowest BCUT2D eigenvalue weighted by atomic mass is 9.83. The molecule has 2 bridgehead atoms. The molecule has 2 unspecified atom stereocenters. The molecule has 0 amide bonds. The quantitative estimate of drug-likeness (QED) is 0.687. The molecule has 2 fully saturated rings. The third-order valence-corrected chi connectivity index (χ3v) is 6.22. The van der Waals surface area contributed by atoms with Gasteiger partial charge in [-0.25, -0.2) is 13.1 Å². The fourth-order valence-electron chi connectivity index (χ4n) is 3.59. The minimum Gasteiger partial charge on any atom is -0.317 e. The van der Waals surface area contributed by atoms with Gasteiger partial charge >= 0.3 is 0 Å². The molecule has 5 nitrogen and oxygen atoms in total. The fraction of sp³-hybridized carbons (Fsp3) is 1.00. The number of piperidine rings is 2. The van der Waals surface area contributed by atoms with E-state index in [1.54, 1.807) is 0 Å². The van der Waals surface area contributed by atoms with E-state index < -0.39 is 10.0 Å². The van der Waals surface area contributed by atoms with Crippen LogP contribution in [0.15, 0.2) is 0 Å². The smallest absolute Gasteiger partial charge is 0.211 e. The Balaban J connectivity index is 1.81. The maximum atomic E-state index is 12.1. The predicted molar refractivity (Wildman–Crippen MR) is 82.3 cm³/mol.